The first-order valence-electron chi connectivity index (χ1n) is 7.02. The van der Waals surface area contributed by atoms with Gasteiger partial charge in [0.05, 0.1) is 4.92 Å². The lowest BCUT2D eigenvalue weighted by atomic mass is 9.99. The van der Waals surface area contributed by atoms with Crippen LogP contribution in [0.15, 0.2) is 36.9 Å². The van der Waals surface area contributed by atoms with E-state index in [0.29, 0.717) is 6.04 Å². The van der Waals surface area contributed by atoms with Crippen molar-refractivity contribution in [3.8, 4) is 0 Å². The summed E-state index contributed by atoms with van der Waals surface area (Å²) < 4.78 is 0. The number of benzene rings is 1. The van der Waals surface area contributed by atoms with Gasteiger partial charge in [0.2, 0.25) is 0 Å². The molecule has 0 amide bonds. The molecule has 1 aromatic carbocycles. The number of non-ortho nitro benzene ring substituents is 1. The van der Waals surface area contributed by atoms with Gasteiger partial charge in [-0.1, -0.05) is 18.2 Å². The zero-order valence-corrected chi connectivity index (χ0v) is 11.6. The lowest BCUT2D eigenvalue weighted by molar-refractivity contribution is -0.384. The fraction of sp³-hybridized carbons (Fsp3) is 0.467. The third-order valence-electron chi connectivity index (χ3n) is 3.73. The van der Waals surface area contributed by atoms with E-state index in [1.807, 2.05) is 18.2 Å². The Balaban J connectivity index is 2.15. The van der Waals surface area contributed by atoms with Gasteiger partial charge in [-0.25, -0.2) is 0 Å². The molecule has 108 valence electrons. The number of allylic oxidation sites excluding steroid dienone is 1. The molecule has 1 atom stereocenters. The molecule has 0 bridgehead atoms. The summed E-state index contributed by atoms with van der Waals surface area (Å²) >= 11 is 0. The third-order valence-corrected chi connectivity index (χ3v) is 3.73. The summed E-state index contributed by atoms with van der Waals surface area (Å²) in [5, 5.41) is 14.1. The maximum absolute atomic E-state index is 10.7. The number of nitrogens with zero attached hydrogens (tertiary/aromatic N) is 2. The predicted molar refractivity (Wildman–Crippen MR) is 79.7 cm³/mol. The van der Waals surface area contributed by atoms with Crippen LogP contribution in [0.25, 0.3) is 0 Å². The molecule has 0 saturated carbocycles. The quantitative estimate of drug-likeness (QED) is 0.492. The maximum atomic E-state index is 10.7. The molecule has 0 spiro atoms. The van der Waals surface area contributed by atoms with Gasteiger partial charge in [-0.15, -0.1) is 6.58 Å². The Hall–Kier alpha value is -1.72. The molecular formula is C15H21N3O2. The number of nitro benzene ring substituents is 1. The number of hydrogen-bond acceptors (Lipinski definition) is 4. The maximum Gasteiger partial charge on any atom is 0.269 e. The van der Waals surface area contributed by atoms with Crippen LogP contribution in [0.3, 0.4) is 0 Å². The molecule has 20 heavy (non-hydrogen) atoms. The van der Waals surface area contributed by atoms with E-state index in [9.17, 15) is 10.1 Å². The number of piperazine rings is 1. The summed E-state index contributed by atoms with van der Waals surface area (Å²) in [6.45, 7) is 7.81. The van der Waals surface area contributed by atoms with E-state index in [2.05, 4.69) is 16.8 Å². The van der Waals surface area contributed by atoms with E-state index in [1.54, 1.807) is 12.1 Å². The van der Waals surface area contributed by atoms with Gasteiger partial charge in [-0.05, 0) is 18.4 Å². The molecule has 5 heteroatoms. The van der Waals surface area contributed by atoms with Crippen LogP contribution in [0.1, 0.15) is 24.4 Å². The van der Waals surface area contributed by atoms with Crippen LogP contribution in [0.4, 0.5) is 5.69 Å². The Kier molecular flexibility index (Phi) is 5.26. The van der Waals surface area contributed by atoms with Gasteiger partial charge in [0.25, 0.3) is 5.69 Å². The van der Waals surface area contributed by atoms with Gasteiger partial charge in [0.1, 0.15) is 0 Å². The zero-order chi connectivity index (χ0) is 14.4. The monoisotopic (exact) mass is 275 g/mol. The van der Waals surface area contributed by atoms with E-state index in [0.717, 1.165) is 44.6 Å². The van der Waals surface area contributed by atoms with Crippen LogP contribution >= 0.6 is 0 Å². The van der Waals surface area contributed by atoms with Crippen molar-refractivity contribution < 1.29 is 4.92 Å². The van der Waals surface area contributed by atoms with Gasteiger partial charge in [0, 0.05) is 44.4 Å². The summed E-state index contributed by atoms with van der Waals surface area (Å²) in [4.78, 5) is 12.8. The lowest BCUT2D eigenvalue weighted by Gasteiger charge is -2.35. The highest BCUT2D eigenvalue weighted by atomic mass is 16.6. The molecule has 0 aromatic heterocycles. The molecular weight excluding hydrogens is 254 g/mol. The van der Waals surface area contributed by atoms with Crippen LogP contribution in [-0.4, -0.2) is 36.0 Å². The molecule has 0 aliphatic carbocycles. The van der Waals surface area contributed by atoms with Gasteiger partial charge < -0.3 is 5.32 Å². The van der Waals surface area contributed by atoms with Crippen molar-refractivity contribution in [1.82, 2.24) is 10.2 Å². The number of nitrogens with one attached hydrogen (secondary N) is 1. The summed E-state index contributed by atoms with van der Waals surface area (Å²) in [6, 6.07) is 7.27. The molecule has 1 N–H and O–H groups in total. The molecule has 1 fully saturated rings. The van der Waals surface area contributed by atoms with Crippen molar-refractivity contribution in [1.29, 1.82) is 0 Å². The fourth-order valence-electron chi connectivity index (χ4n) is 2.65. The van der Waals surface area contributed by atoms with Crippen LogP contribution in [0, 0.1) is 10.1 Å². The van der Waals surface area contributed by atoms with Crippen LogP contribution in [-0.2, 0) is 0 Å². The van der Waals surface area contributed by atoms with Crippen molar-refractivity contribution in [3.05, 3.63) is 52.6 Å². The first kappa shape index (κ1) is 14.7. The largest absolute Gasteiger partial charge is 0.314 e. The van der Waals surface area contributed by atoms with Gasteiger partial charge in [-0.2, -0.15) is 0 Å². The second kappa shape index (κ2) is 7.17. The number of nitro groups is 1. The van der Waals surface area contributed by atoms with Crippen molar-refractivity contribution >= 4 is 5.69 Å². The average Bonchev–Trinajstić information content (AvgIpc) is 2.49. The summed E-state index contributed by atoms with van der Waals surface area (Å²) in [7, 11) is 0. The number of rotatable bonds is 6. The number of hydrogen-bond donors (Lipinski definition) is 1. The van der Waals surface area contributed by atoms with Crippen molar-refractivity contribution in [2.75, 3.05) is 26.2 Å². The standard InChI is InChI=1S/C15H21N3O2/c1-2-3-4-15(17-11-9-16-10-12-17)13-5-7-14(8-6-13)18(19)20/h2,5-8,15-16H,1,3-4,9-12H2/t15-/m1/s1. The van der Waals surface area contributed by atoms with E-state index >= 15 is 0 Å². The van der Waals surface area contributed by atoms with Crippen molar-refractivity contribution in [3.63, 3.8) is 0 Å². The minimum atomic E-state index is -0.354. The summed E-state index contributed by atoms with van der Waals surface area (Å²) in [5.41, 5.74) is 1.30. The normalized spacial score (nSPS) is 17.6. The molecule has 1 saturated heterocycles. The molecule has 1 aromatic rings. The van der Waals surface area contributed by atoms with Crippen molar-refractivity contribution in [2.24, 2.45) is 0 Å². The van der Waals surface area contributed by atoms with E-state index in [4.69, 9.17) is 0 Å². The van der Waals surface area contributed by atoms with Gasteiger partial charge in [-0.3, -0.25) is 15.0 Å². The Morgan fingerprint density at radius 3 is 2.55 bits per heavy atom. The zero-order valence-electron chi connectivity index (χ0n) is 11.6. The topological polar surface area (TPSA) is 58.4 Å². The Bertz CT molecular complexity index is 453. The van der Waals surface area contributed by atoms with E-state index < -0.39 is 0 Å². The molecule has 1 heterocycles. The molecule has 5 nitrogen and oxygen atoms in total. The first-order chi connectivity index (χ1) is 9.72. The second-order valence-electron chi connectivity index (χ2n) is 5.02. The highest BCUT2D eigenvalue weighted by Gasteiger charge is 2.21. The molecule has 0 radical (unpaired) electrons. The second-order valence-corrected chi connectivity index (χ2v) is 5.02. The Labute approximate surface area is 119 Å². The van der Waals surface area contributed by atoms with Crippen LogP contribution < -0.4 is 5.32 Å². The van der Waals surface area contributed by atoms with E-state index in [1.165, 1.54) is 0 Å². The SMILES string of the molecule is C=CCC[C@H](c1ccc([N+](=O)[O-])cc1)N1CCNCC1. The smallest absolute Gasteiger partial charge is 0.269 e. The Morgan fingerprint density at radius 2 is 2.00 bits per heavy atom. The first-order valence-corrected chi connectivity index (χ1v) is 7.02. The van der Waals surface area contributed by atoms with Gasteiger partial charge >= 0.3 is 0 Å². The average molecular weight is 275 g/mol. The minimum absolute atomic E-state index is 0.150. The third kappa shape index (κ3) is 3.65. The Morgan fingerprint density at radius 1 is 1.35 bits per heavy atom. The summed E-state index contributed by atoms with van der Waals surface area (Å²) in [6.07, 6.45) is 3.88. The minimum Gasteiger partial charge on any atom is -0.314 e. The molecule has 1 aliphatic rings. The van der Waals surface area contributed by atoms with Crippen molar-refractivity contribution in [2.45, 2.75) is 18.9 Å². The van der Waals surface area contributed by atoms with Crippen LogP contribution in [0.5, 0.6) is 0 Å². The highest BCUT2D eigenvalue weighted by molar-refractivity contribution is 5.34. The fourth-order valence-corrected chi connectivity index (χ4v) is 2.65. The van der Waals surface area contributed by atoms with Gasteiger partial charge in [0.15, 0.2) is 0 Å². The lowest BCUT2D eigenvalue weighted by Crippen LogP contribution is -2.45. The highest BCUT2D eigenvalue weighted by Crippen LogP contribution is 2.27. The van der Waals surface area contributed by atoms with Crippen LogP contribution in [0.2, 0.25) is 0 Å². The summed E-state index contributed by atoms with van der Waals surface area (Å²) in [5.74, 6) is 0. The van der Waals surface area contributed by atoms with E-state index in [-0.39, 0.29) is 10.6 Å². The molecule has 0 unspecified atom stereocenters. The molecule has 2 rings (SSSR count). The molecule has 1 aliphatic heterocycles. The predicted octanol–water partition coefficient (Wildman–Crippen LogP) is 2.51.